The molecule has 0 heterocycles. The van der Waals surface area contributed by atoms with E-state index in [0.29, 0.717) is 41.4 Å². The van der Waals surface area contributed by atoms with Crippen molar-refractivity contribution < 1.29 is 0 Å². The summed E-state index contributed by atoms with van der Waals surface area (Å²) in [6, 6.07) is 0. The van der Waals surface area contributed by atoms with E-state index in [4.69, 9.17) is 0 Å². The van der Waals surface area contributed by atoms with Gasteiger partial charge in [-0.1, -0.05) is 97.4 Å². The van der Waals surface area contributed by atoms with E-state index in [0.717, 1.165) is 18.8 Å². The predicted molar refractivity (Wildman–Crippen MR) is 189 cm³/mol. The van der Waals surface area contributed by atoms with Gasteiger partial charge in [0.2, 0.25) is 0 Å². The normalized spacial score (nSPS) is 32.1. The van der Waals surface area contributed by atoms with Crippen LogP contribution >= 0.6 is 0 Å². The molecule has 4 rings (SSSR count). The van der Waals surface area contributed by atoms with Crippen LogP contribution in [-0.2, 0) is 0 Å². The lowest BCUT2D eigenvalue weighted by molar-refractivity contribution is 0.237. The van der Waals surface area contributed by atoms with Gasteiger partial charge in [-0.2, -0.15) is 0 Å². The highest BCUT2D eigenvalue weighted by molar-refractivity contribution is 5.41. The Morgan fingerprint density at radius 3 is 2.47 bits per heavy atom. The van der Waals surface area contributed by atoms with Crippen LogP contribution in [0.2, 0.25) is 0 Å². The molecule has 0 saturated carbocycles. The third-order valence-corrected chi connectivity index (χ3v) is 11.4. The summed E-state index contributed by atoms with van der Waals surface area (Å²) >= 11 is 0. The van der Waals surface area contributed by atoms with E-state index in [1.807, 2.05) is 0 Å². The zero-order valence-electron chi connectivity index (χ0n) is 28.4. The van der Waals surface area contributed by atoms with Crippen LogP contribution in [0.15, 0.2) is 107 Å². The molecule has 0 radical (unpaired) electrons. The van der Waals surface area contributed by atoms with Gasteiger partial charge in [-0.15, -0.1) is 13.2 Å². The third-order valence-electron chi connectivity index (χ3n) is 11.4. The van der Waals surface area contributed by atoms with E-state index in [-0.39, 0.29) is 0 Å². The Hall–Kier alpha value is -2.52. The lowest BCUT2D eigenvalue weighted by Gasteiger charge is -2.44. The van der Waals surface area contributed by atoms with Crippen LogP contribution in [0.25, 0.3) is 0 Å². The maximum Gasteiger partial charge on any atom is 0.0134 e. The quantitative estimate of drug-likeness (QED) is 0.130. The van der Waals surface area contributed by atoms with Gasteiger partial charge in [0.05, 0.1) is 0 Å². The summed E-state index contributed by atoms with van der Waals surface area (Å²) in [4.78, 5) is 0. The van der Waals surface area contributed by atoms with Crippen LogP contribution < -0.4 is 0 Å². The van der Waals surface area contributed by atoms with Gasteiger partial charge in [0.15, 0.2) is 0 Å². The smallest absolute Gasteiger partial charge is 0.0134 e. The van der Waals surface area contributed by atoms with Crippen LogP contribution in [0.5, 0.6) is 0 Å². The molecule has 0 spiro atoms. The fourth-order valence-corrected chi connectivity index (χ4v) is 8.28. The second-order valence-corrected chi connectivity index (χ2v) is 14.5. The molecule has 0 saturated heterocycles. The summed E-state index contributed by atoms with van der Waals surface area (Å²) in [5, 5.41) is 0. The number of fused-ring (bicyclic) bond motifs is 3. The first-order valence-electron chi connectivity index (χ1n) is 17.7. The van der Waals surface area contributed by atoms with E-state index in [1.165, 1.54) is 80.1 Å². The van der Waals surface area contributed by atoms with Crippen LogP contribution in [-0.4, -0.2) is 0 Å². The molecular weight excluding hydrogens is 516 g/mol. The van der Waals surface area contributed by atoms with Gasteiger partial charge in [-0.25, -0.2) is 0 Å². The minimum atomic E-state index is 0.450. The van der Waals surface area contributed by atoms with E-state index < -0.39 is 0 Å². The SMILES string of the molecule is C=CCCC(C)CCC1C2=CC(C=C)CCC2C2C=C(C(C3=C=C=C(C)C=C3)CC2)C(/C(C)=C/C=C(/C)CC)CCC1C. The molecular formula is C43H60. The molecule has 4 aliphatic carbocycles. The summed E-state index contributed by atoms with van der Waals surface area (Å²) in [6.07, 6.45) is 32.9. The summed E-state index contributed by atoms with van der Waals surface area (Å²) in [6.45, 7) is 22.3. The second-order valence-electron chi connectivity index (χ2n) is 14.5. The molecule has 4 aliphatic rings. The summed E-state index contributed by atoms with van der Waals surface area (Å²) in [7, 11) is 0. The fraction of sp³-hybridized carbons (Fsp3) is 0.581. The van der Waals surface area contributed by atoms with Gasteiger partial charge in [0.25, 0.3) is 0 Å². The summed E-state index contributed by atoms with van der Waals surface area (Å²) in [5.41, 5.74) is 16.0. The van der Waals surface area contributed by atoms with Gasteiger partial charge in [0.1, 0.15) is 0 Å². The molecule has 0 aliphatic heterocycles. The van der Waals surface area contributed by atoms with Crippen molar-refractivity contribution in [2.24, 2.45) is 47.3 Å². The maximum absolute atomic E-state index is 4.24. The van der Waals surface area contributed by atoms with Crippen molar-refractivity contribution in [1.29, 1.82) is 0 Å². The van der Waals surface area contributed by atoms with Gasteiger partial charge >= 0.3 is 0 Å². The Labute approximate surface area is 265 Å². The van der Waals surface area contributed by atoms with E-state index in [9.17, 15) is 0 Å². The molecule has 43 heavy (non-hydrogen) atoms. The van der Waals surface area contributed by atoms with Crippen molar-refractivity contribution in [3.05, 3.63) is 107 Å². The molecule has 0 aromatic carbocycles. The highest BCUT2D eigenvalue weighted by Crippen LogP contribution is 2.51. The first-order chi connectivity index (χ1) is 20.7. The minimum absolute atomic E-state index is 0.450. The van der Waals surface area contributed by atoms with Gasteiger partial charge < -0.3 is 0 Å². The van der Waals surface area contributed by atoms with Gasteiger partial charge in [-0.3, -0.25) is 0 Å². The Balaban J connectivity index is 1.79. The number of hydrogen-bond donors (Lipinski definition) is 0. The minimum Gasteiger partial charge on any atom is -0.103 e. The Morgan fingerprint density at radius 2 is 1.77 bits per heavy atom. The lowest BCUT2D eigenvalue weighted by atomic mass is 9.60. The number of hydrogen-bond acceptors (Lipinski definition) is 0. The van der Waals surface area contributed by atoms with Crippen LogP contribution in [0.3, 0.4) is 0 Å². The molecule has 0 aromatic rings. The van der Waals surface area contributed by atoms with E-state index >= 15 is 0 Å². The van der Waals surface area contributed by atoms with Crippen molar-refractivity contribution in [3.63, 3.8) is 0 Å². The molecule has 0 nitrogen and oxygen atoms in total. The fourth-order valence-electron chi connectivity index (χ4n) is 8.28. The highest BCUT2D eigenvalue weighted by atomic mass is 14.4. The Bertz CT molecular complexity index is 1260. The summed E-state index contributed by atoms with van der Waals surface area (Å²) in [5.74, 6) is 4.90. The first-order valence-corrected chi connectivity index (χ1v) is 17.7. The summed E-state index contributed by atoms with van der Waals surface area (Å²) < 4.78 is 0. The average Bonchev–Trinajstić information content (AvgIpc) is 3.02. The molecule has 0 aromatic heterocycles. The molecule has 0 heteroatoms. The molecule has 0 N–H and O–H groups in total. The van der Waals surface area contributed by atoms with Crippen LogP contribution in [0.1, 0.15) is 112 Å². The first kappa shape index (κ1) is 33.4. The van der Waals surface area contributed by atoms with E-state index in [1.54, 1.807) is 11.1 Å². The topological polar surface area (TPSA) is 0 Å². The molecule has 8 atom stereocenters. The number of rotatable bonds is 11. The zero-order valence-corrected chi connectivity index (χ0v) is 28.4. The van der Waals surface area contributed by atoms with Crippen LogP contribution in [0.4, 0.5) is 0 Å². The van der Waals surface area contributed by atoms with Gasteiger partial charge in [-0.05, 0) is 138 Å². The lowest BCUT2D eigenvalue weighted by Crippen LogP contribution is -2.33. The second kappa shape index (κ2) is 16.0. The predicted octanol–water partition coefficient (Wildman–Crippen LogP) is 12.6. The average molecular weight is 577 g/mol. The van der Waals surface area contributed by atoms with E-state index in [2.05, 4.69) is 115 Å². The van der Waals surface area contributed by atoms with Crippen molar-refractivity contribution in [2.45, 2.75) is 112 Å². The zero-order chi connectivity index (χ0) is 30.9. The van der Waals surface area contributed by atoms with Crippen molar-refractivity contribution in [3.8, 4) is 0 Å². The highest BCUT2D eigenvalue weighted by Gasteiger charge is 2.40. The molecule has 8 unspecified atom stereocenters. The monoisotopic (exact) mass is 576 g/mol. The Kier molecular flexibility index (Phi) is 12.4. The molecule has 0 fully saturated rings. The van der Waals surface area contributed by atoms with Crippen molar-refractivity contribution in [2.75, 3.05) is 0 Å². The molecule has 2 bridgehead atoms. The Morgan fingerprint density at radius 1 is 0.953 bits per heavy atom. The largest absolute Gasteiger partial charge is 0.103 e. The van der Waals surface area contributed by atoms with Gasteiger partial charge in [0, 0.05) is 17.4 Å². The maximum atomic E-state index is 4.24. The van der Waals surface area contributed by atoms with Crippen molar-refractivity contribution in [1.82, 2.24) is 0 Å². The molecule has 232 valence electrons. The van der Waals surface area contributed by atoms with Crippen LogP contribution in [0, 0.1) is 47.3 Å². The van der Waals surface area contributed by atoms with Crippen molar-refractivity contribution >= 4 is 0 Å². The third kappa shape index (κ3) is 8.56. The standard InChI is InChI=1S/C43H60/c1-9-12-13-31(5)17-24-38-34(8)19-25-39(33(7)18-14-30(4)10-2)43-29-37(41-26-20-35(11-3)28-42(38)41)23-27-40(43)36-21-15-32(6)16-22-36/h9,11,14-15,18,21,28-29,31,34-35,37-41H,1,3,10,12-13,17,19-20,23-27H2,2,4-8H3/b30-14-,33-18+. The number of allylic oxidation sites excluding steroid dienone is 14. The molecule has 0 amide bonds.